The van der Waals surface area contributed by atoms with Gasteiger partial charge >= 0.3 is 5.97 Å². The molecule has 1 fully saturated rings. The molecular formula is C24H28O10. The van der Waals surface area contributed by atoms with Crippen LogP contribution in [0.2, 0.25) is 0 Å². The van der Waals surface area contributed by atoms with Crippen LogP contribution in [0.15, 0.2) is 48.5 Å². The second-order valence-corrected chi connectivity index (χ2v) is 7.50. The Balaban J connectivity index is 1.75. The van der Waals surface area contributed by atoms with E-state index in [1.165, 1.54) is 26.4 Å². The number of aliphatic hydroxyl groups excluding tert-OH is 4. The lowest BCUT2D eigenvalue weighted by Gasteiger charge is -2.39. The van der Waals surface area contributed by atoms with E-state index in [4.69, 9.17) is 23.7 Å². The zero-order valence-corrected chi connectivity index (χ0v) is 18.7. The number of carbonyl (C=O) groups excluding carboxylic acids is 1. The van der Waals surface area contributed by atoms with Gasteiger partial charge in [0.05, 0.1) is 20.8 Å². The molecule has 0 aromatic heterocycles. The van der Waals surface area contributed by atoms with Gasteiger partial charge in [0, 0.05) is 6.08 Å². The lowest BCUT2D eigenvalue weighted by atomic mass is 9.99. The molecule has 3 rings (SSSR count). The van der Waals surface area contributed by atoms with Gasteiger partial charge in [0.15, 0.2) is 11.5 Å². The highest BCUT2D eigenvalue weighted by atomic mass is 16.7. The fourth-order valence-corrected chi connectivity index (χ4v) is 3.33. The highest BCUT2D eigenvalue weighted by molar-refractivity contribution is 5.87. The number of esters is 1. The molecular weight excluding hydrogens is 448 g/mol. The summed E-state index contributed by atoms with van der Waals surface area (Å²) in [6.45, 7) is -0.453. The first-order valence-corrected chi connectivity index (χ1v) is 10.5. The molecule has 1 aliphatic heterocycles. The van der Waals surface area contributed by atoms with Crippen molar-refractivity contribution in [2.24, 2.45) is 0 Å². The van der Waals surface area contributed by atoms with E-state index >= 15 is 0 Å². The van der Waals surface area contributed by atoms with Crippen LogP contribution in [-0.4, -0.2) is 77.9 Å². The molecule has 0 aliphatic carbocycles. The SMILES string of the molecule is COc1cc(C=CC(=O)OCc2ccccc2)cc(OC)c1O[C@@H]1O[C@H](CO)[C@@H](O)[C@H](O)[C@H]1O. The van der Waals surface area contributed by atoms with Crippen LogP contribution in [0.4, 0.5) is 0 Å². The van der Waals surface area contributed by atoms with Gasteiger partial charge in [0.2, 0.25) is 12.0 Å². The van der Waals surface area contributed by atoms with Crippen molar-refractivity contribution >= 4 is 12.0 Å². The van der Waals surface area contributed by atoms with Gasteiger partial charge in [-0.15, -0.1) is 0 Å². The molecule has 0 amide bonds. The van der Waals surface area contributed by atoms with Crippen molar-refractivity contribution in [1.29, 1.82) is 0 Å². The van der Waals surface area contributed by atoms with Crippen LogP contribution < -0.4 is 14.2 Å². The summed E-state index contributed by atoms with van der Waals surface area (Å²) in [5.41, 5.74) is 1.40. The average molecular weight is 476 g/mol. The van der Waals surface area contributed by atoms with Crippen molar-refractivity contribution in [3.63, 3.8) is 0 Å². The third-order valence-electron chi connectivity index (χ3n) is 5.20. The van der Waals surface area contributed by atoms with Gasteiger partial charge < -0.3 is 44.1 Å². The first-order chi connectivity index (χ1) is 16.4. The van der Waals surface area contributed by atoms with E-state index in [2.05, 4.69) is 0 Å². The Bertz CT molecular complexity index is 950. The zero-order chi connectivity index (χ0) is 24.7. The van der Waals surface area contributed by atoms with Crippen LogP contribution in [0.5, 0.6) is 17.2 Å². The Labute approximate surface area is 196 Å². The van der Waals surface area contributed by atoms with E-state index in [0.29, 0.717) is 5.56 Å². The summed E-state index contributed by atoms with van der Waals surface area (Å²) < 4.78 is 27.0. The topological polar surface area (TPSA) is 144 Å². The van der Waals surface area contributed by atoms with E-state index < -0.39 is 43.3 Å². The van der Waals surface area contributed by atoms with E-state index in [9.17, 15) is 25.2 Å². The summed E-state index contributed by atoms with van der Waals surface area (Å²) in [6, 6.07) is 12.4. The number of benzene rings is 2. The van der Waals surface area contributed by atoms with E-state index in [0.717, 1.165) is 5.56 Å². The molecule has 0 unspecified atom stereocenters. The van der Waals surface area contributed by atoms with E-state index in [1.54, 1.807) is 12.1 Å². The molecule has 2 aromatic rings. The average Bonchev–Trinajstić information content (AvgIpc) is 2.87. The number of ether oxygens (including phenoxy) is 5. The zero-order valence-electron chi connectivity index (χ0n) is 18.7. The van der Waals surface area contributed by atoms with Crippen LogP contribution >= 0.6 is 0 Å². The highest BCUT2D eigenvalue weighted by Crippen LogP contribution is 2.40. The van der Waals surface area contributed by atoms with Crippen molar-refractivity contribution in [1.82, 2.24) is 0 Å². The number of carbonyl (C=O) groups is 1. The Morgan fingerprint density at radius 1 is 1.00 bits per heavy atom. The van der Waals surface area contributed by atoms with Crippen LogP contribution in [0.3, 0.4) is 0 Å². The van der Waals surface area contributed by atoms with Gasteiger partial charge in [-0.25, -0.2) is 4.79 Å². The van der Waals surface area contributed by atoms with Crippen molar-refractivity contribution < 1.29 is 48.9 Å². The summed E-state index contributed by atoms with van der Waals surface area (Å²) >= 11 is 0. The lowest BCUT2D eigenvalue weighted by Crippen LogP contribution is -2.60. The molecule has 0 saturated carbocycles. The maximum atomic E-state index is 12.1. The third-order valence-corrected chi connectivity index (χ3v) is 5.20. The van der Waals surface area contributed by atoms with Crippen LogP contribution in [0, 0.1) is 0 Å². The summed E-state index contributed by atoms with van der Waals surface area (Å²) in [5, 5.41) is 39.6. The van der Waals surface area contributed by atoms with Gasteiger partial charge in [0.25, 0.3) is 0 Å². The molecule has 1 saturated heterocycles. The minimum Gasteiger partial charge on any atom is -0.493 e. The lowest BCUT2D eigenvalue weighted by molar-refractivity contribution is -0.277. The fraction of sp³-hybridized carbons (Fsp3) is 0.375. The Hall–Kier alpha value is -3.15. The van der Waals surface area contributed by atoms with Crippen molar-refractivity contribution in [3.8, 4) is 17.2 Å². The summed E-state index contributed by atoms with van der Waals surface area (Å²) in [5.74, 6) is -0.108. The van der Waals surface area contributed by atoms with E-state index in [-0.39, 0.29) is 23.9 Å². The molecule has 0 spiro atoms. The van der Waals surface area contributed by atoms with Crippen molar-refractivity contribution in [3.05, 3.63) is 59.7 Å². The summed E-state index contributed by atoms with van der Waals surface area (Å²) in [6.07, 6.45) is -4.51. The Morgan fingerprint density at radius 3 is 2.24 bits per heavy atom. The molecule has 10 nitrogen and oxygen atoms in total. The fourth-order valence-electron chi connectivity index (χ4n) is 3.33. The highest BCUT2D eigenvalue weighted by Gasteiger charge is 2.45. The number of hydrogen-bond donors (Lipinski definition) is 4. The second-order valence-electron chi connectivity index (χ2n) is 7.50. The van der Waals surface area contributed by atoms with Crippen LogP contribution in [0.1, 0.15) is 11.1 Å². The number of aliphatic hydroxyl groups is 4. The molecule has 5 atom stereocenters. The minimum absolute atomic E-state index is 0.0538. The standard InChI is InChI=1S/C24H28O10/c1-30-16-10-15(8-9-19(26)32-13-14-6-4-3-5-7-14)11-17(31-2)23(16)34-24-22(29)21(28)20(27)18(12-25)33-24/h3-11,18,20-22,24-25,27-29H,12-13H2,1-2H3/t18-,20-,21+,22-,24+/m1/s1. The molecule has 1 heterocycles. The maximum absolute atomic E-state index is 12.1. The van der Waals surface area contributed by atoms with Crippen molar-refractivity contribution in [2.75, 3.05) is 20.8 Å². The first-order valence-electron chi connectivity index (χ1n) is 10.5. The molecule has 1 aliphatic rings. The first kappa shape index (κ1) is 25.5. The largest absolute Gasteiger partial charge is 0.493 e. The Morgan fingerprint density at radius 2 is 1.65 bits per heavy atom. The van der Waals surface area contributed by atoms with Crippen LogP contribution in [0.25, 0.3) is 6.08 Å². The summed E-state index contributed by atoms with van der Waals surface area (Å²) in [7, 11) is 2.77. The molecule has 10 heteroatoms. The molecule has 34 heavy (non-hydrogen) atoms. The van der Waals surface area contributed by atoms with Gasteiger partial charge in [0.1, 0.15) is 31.0 Å². The van der Waals surface area contributed by atoms with Gasteiger partial charge in [-0.05, 0) is 29.3 Å². The van der Waals surface area contributed by atoms with Crippen LogP contribution in [-0.2, 0) is 20.9 Å². The number of rotatable bonds is 9. The smallest absolute Gasteiger partial charge is 0.331 e. The monoisotopic (exact) mass is 476 g/mol. The van der Waals surface area contributed by atoms with Crippen molar-refractivity contribution in [2.45, 2.75) is 37.3 Å². The number of methoxy groups -OCH3 is 2. The van der Waals surface area contributed by atoms with Gasteiger partial charge in [-0.3, -0.25) is 0 Å². The van der Waals surface area contributed by atoms with Gasteiger partial charge in [-0.2, -0.15) is 0 Å². The predicted molar refractivity (Wildman–Crippen MR) is 119 cm³/mol. The normalized spacial score (nSPS) is 24.6. The molecule has 2 aromatic carbocycles. The second kappa shape index (κ2) is 11.8. The molecule has 0 bridgehead atoms. The summed E-state index contributed by atoms with van der Waals surface area (Å²) in [4.78, 5) is 12.1. The maximum Gasteiger partial charge on any atom is 0.331 e. The van der Waals surface area contributed by atoms with Gasteiger partial charge in [-0.1, -0.05) is 30.3 Å². The quantitative estimate of drug-likeness (QED) is 0.301. The third kappa shape index (κ3) is 6.04. The predicted octanol–water partition coefficient (Wildman–Crippen LogP) is 0.639. The van der Waals surface area contributed by atoms with E-state index in [1.807, 2.05) is 30.3 Å². The molecule has 0 radical (unpaired) electrons. The minimum atomic E-state index is -1.61. The number of hydrogen-bond acceptors (Lipinski definition) is 10. The Kier molecular flexibility index (Phi) is 8.85. The molecule has 184 valence electrons. The molecule has 4 N–H and O–H groups in total.